The molecule has 0 spiro atoms. The molecule has 0 saturated carbocycles. The Morgan fingerprint density at radius 1 is 0.575 bits per heavy atom. The van der Waals surface area contributed by atoms with Crippen LogP contribution in [0.3, 0.4) is 0 Å². The first-order valence-corrected chi connectivity index (χ1v) is 12.5. The summed E-state index contributed by atoms with van der Waals surface area (Å²) in [6.07, 6.45) is 0. The zero-order valence-corrected chi connectivity index (χ0v) is 22.0. The van der Waals surface area contributed by atoms with E-state index in [1.807, 2.05) is 48.5 Å². The van der Waals surface area contributed by atoms with Gasteiger partial charge in [-0.2, -0.15) is 20.5 Å². The fourth-order valence-electron chi connectivity index (χ4n) is 3.73. The molecular formula is C30H28N6O4. The van der Waals surface area contributed by atoms with Crippen molar-refractivity contribution in [2.45, 2.75) is 13.8 Å². The molecule has 0 saturated heterocycles. The van der Waals surface area contributed by atoms with Crippen molar-refractivity contribution in [3.8, 4) is 0 Å². The lowest BCUT2D eigenvalue weighted by atomic mass is 10.1. The molecule has 202 valence electrons. The number of azo groups is 2. The number of nitrogens with zero attached hydrogens (tertiary/aromatic N) is 4. The Morgan fingerprint density at radius 2 is 0.950 bits per heavy atom. The zero-order valence-electron chi connectivity index (χ0n) is 22.0. The van der Waals surface area contributed by atoms with Crippen LogP contribution in [0.1, 0.15) is 31.8 Å². The number of hydrogen-bond donors (Lipinski definition) is 4. The van der Waals surface area contributed by atoms with Gasteiger partial charge in [-0.1, -0.05) is 0 Å². The number of nitrogens with one attached hydrogen (secondary N) is 2. The number of hydrogen-bond acceptors (Lipinski definition) is 8. The quantitative estimate of drug-likeness (QED) is 0.113. The first-order chi connectivity index (χ1) is 19.3. The van der Waals surface area contributed by atoms with Gasteiger partial charge in [-0.3, -0.25) is 0 Å². The van der Waals surface area contributed by atoms with E-state index in [2.05, 4.69) is 31.1 Å². The topological polar surface area (TPSA) is 148 Å². The summed E-state index contributed by atoms with van der Waals surface area (Å²) in [6.45, 7) is 5.00. The lowest BCUT2D eigenvalue weighted by molar-refractivity contribution is 0.0686. The Balaban J connectivity index is 1.22. The molecule has 0 bridgehead atoms. The van der Waals surface area contributed by atoms with Gasteiger partial charge < -0.3 is 20.8 Å². The average Bonchev–Trinajstić information content (AvgIpc) is 2.95. The third-order valence-electron chi connectivity index (χ3n) is 5.95. The minimum atomic E-state index is -0.971. The average molecular weight is 537 g/mol. The van der Waals surface area contributed by atoms with Crippen LogP contribution < -0.4 is 10.6 Å². The summed E-state index contributed by atoms with van der Waals surface area (Å²) in [6, 6.07) is 24.6. The van der Waals surface area contributed by atoms with Crippen LogP contribution in [-0.4, -0.2) is 35.2 Å². The predicted molar refractivity (Wildman–Crippen MR) is 154 cm³/mol. The molecule has 0 aliphatic heterocycles. The first kappa shape index (κ1) is 27.6. The van der Waals surface area contributed by atoms with E-state index in [1.54, 1.807) is 38.1 Å². The van der Waals surface area contributed by atoms with Crippen molar-refractivity contribution in [2.75, 3.05) is 23.7 Å². The van der Waals surface area contributed by atoms with Gasteiger partial charge in [0, 0.05) is 24.5 Å². The Morgan fingerprint density at radius 3 is 1.27 bits per heavy atom. The van der Waals surface area contributed by atoms with Gasteiger partial charge in [-0.25, -0.2) is 9.59 Å². The van der Waals surface area contributed by atoms with Gasteiger partial charge in [0.05, 0.1) is 33.9 Å². The smallest absolute Gasteiger partial charge is 0.335 e. The van der Waals surface area contributed by atoms with E-state index < -0.39 is 11.9 Å². The highest BCUT2D eigenvalue weighted by atomic mass is 16.4. The van der Waals surface area contributed by atoms with Crippen molar-refractivity contribution in [1.82, 2.24) is 0 Å². The maximum atomic E-state index is 11.1. The van der Waals surface area contributed by atoms with Gasteiger partial charge in [-0.05, 0) is 110 Å². The number of carboxylic acids is 2. The molecule has 0 aliphatic rings. The third kappa shape index (κ3) is 7.57. The van der Waals surface area contributed by atoms with Crippen LogP contribution in [0.5, 0.6) is 0 Å². The normalized spacial score (nSPS) is 11.2. The molecular weight excluding hydrogens is 508 g/mol. The maximum absolute atomic E-state index is 11.1. The number of rotatable bonds is 11. The molecule has 0 atom stereocenters. The minimum absolute atomic E-state index is 0.221. The van der Waals surface area contributed by atoms with Crippen molar-refractivity contribution in [3.63, 3.8) is 0 Å². The lowest BCUT2D eigenvalue weighted by Crippen LogP contribution is -2.13. The van der Waals surface area contributed by atoms with Crippen molar-refractivity contribution < 1.29 is 19.8 Å². The van der Waals surface area contributed by atoms with E-state index in [0.717, 1.165) is 22.5 Å². The second-order valence-electron chi connectivity index (χ2n) is 8.96. The van der Waals surface area contributed by atoms with E-state index in [4.69, 9.17) is 10.2 Å². The molecule has 10 nitrogen and oxygen atoms in total. The van der Waals surface area contributed by atoms with Crippen molar-refractivity contribution in [2.24, 2.45) is 20.5 Å². The zero-order chi connectivity index (χ0) is 28.5. The molecule has 4 rings (SSSR count). The molecule has 40 heavy (non-hydrogen) atoms. The minimum Gasteiger partial charge on any atom is -0.478 e. The van der Waals surface area contributed by atoms with E-state index in [9.17, 15) is 9.59 Å². The second kappa shape index (κ2) is 12.9. The van der Waals surface area contributed by atoms with Gasteiger partial charge in [0.25, 0.3) is 0 Å². The van der Waals surface area contributed by atoms with E-state index >= 15 is 0 Å². The number of carbonyl (C=O) groups is 2. The van der Waals surface area contributed by atoms with Crippen molar-refractivity contribution in [1.29, 1.82) is 0 Å². The van der Waals surface area contributed by atoms with Crippen LogP contribution in [0, 0.1) is 13.8 Å². The largest absolute Gasteiger partial charge is 0.478 e. The molecule has 0 aromatic heterocycles. The first-order valence-electron chi connectivity index (χ1n) is 12.5. The summed E-state index contributed by atoms with van der Waals surface area (Å²) in [4.78, 5) is 22.1. The summed E-state index contributed by atoms with van der Waals surface area (Å²) < 4.78 is 0. The summed E-state index contributed by atoms with van der Waals surface area (Å²) in [5.74, 6) is -1.94. The van der Waals surface area contributed by atoms with Gasteiger partial charge in [0.2, 0.25) is 0 Å². The molecule has 4 aromatic carbocycles. The fraction of sp³-hybridized carbons (Fsp3) is 0.133. The Bertz CT molecular complexity index is 1450. The summed E-state index contributed by atoms with van der Waals surface area (Å²) in [5, 5.41) is 41.8. The molecule has 0 radical (unpaired) electrons. The van der Waals surface area contributed by atoms with Crippen LogP contribution in [0.15, 0.2) is 105 Å². The highest BCUT2D eigenvalue weighted by Gasteiger charge is 2.06. The number of aryl methyl sites for hydroxylation is 2. The molecule has 0 aliphatic carbocycles. The summed E-state index contributed by atoms with van der Waals surface area (Å²) in [5.41, 5.74) is 6.45. The molecule has 0 amide bonds. The van der Waals surface area contributed by atoms with Gasteiger partial charge >= 0.3 is 11.9 Å². The SMILES string of the molecule is Cc1cc(C(=O)O)ccc1N=Nc1ccc(NCCNc2ccc(N=Nc3ccc(C(=O)O)cc3C)cc2)cc1. The molecule has 10 heteroatoms. The fourth-order valence-corrected chi connectivity index (χ4v) is 3.73. The summed E-state index contributed by atoms with van der Waals surface area (Å²) in [7, 11) is 0. The van der Waals surface area contributed by atoms with Crippen LogP contribution in [0.4, 0.5) is 34.1 Å². The lowest BCUT2D eigenvalue weighted by Gasteiger charge is -2.09. The maximum Gasteiger partial charge on any atom is 0.335 e. The highest BCUT2D eigenvalue weighted by molar-refractivity contribution is 5.89. The van der Waals surface area contributed by atoms with Gasteiger partial charge in [0.1, 0.15) is 0 Å². The van der Waals surface area contributed by atoms with Crippen LogP contribution in [0.2, 0.25) is 0 Å². The van der Waals surface area contributed by atoms with Gasteiger partial charge in [-0.15, -0.1) is 0 Å². The molecule has 0 fully saturated rings. The van der Waals surface area contributed by atoms with E-state index in [1.165, 1.54) is 12.1 Å². The van der Waals surface area contributed by atoms with Crippen LogP contribution in [-0.2, 0) is 0 Å². The molecule has 0 unspecified atom stereocenters. The molecule has 4 N–H and O–H groups in total. The Kier molecular flexibility index (Phi) is 8.93. The summed E-state index contributed by atoms with van der Waals surface area (Å²) >= 11 is 0. The van der Waals surface area contributed by atoms with Crippen LogP contribution >= 0.6 is 0 Å². The third-order valence-corrected chi connectivity index (χ3v) is 5.95. The standard InChI is InChI=1S/C30H28N6O4/c1-19-17-21(29(37)38)3-13-27(19)35-33-25-9-5-23(6-10-25)31-15-16-32-24-7-11-26(12-8-24)34-36-28-14-4-22(30(39)40)18-20(28)2/h3-14,17-18,31-32H,15-16H2,1-2H3,(H,37,38)(H,39,40). The number of anilines is 2. The number of carboxylic acid groups (broad SMARTS) is 2. The predicted octanol–water partition coefficient (Wildman–Crippen LogP) is 8.05. The Labute approximate surface area is 231 Å². The molecule has 0 heterocycles. The molecule has 4 aromatic rings. The monoisotopic (exact) mass is 536 g/mol. The van der Waals surface area contributed by atoms with Crippen LogP contribution in [0.25, 0.3) is 0 Å². The second-order valence-corrected chi connectivity index (χ2v) is 8.96. The Hall–Kier alpha value is -5.38. The number of aromatic carboxylic acids is 2. The van der Waals surface area contributed by atoms with E-state index in [-0.39, 0.29) is 11.1 Å². The van der Waals surface area contributed by atoms with Crippen molar-refractivity contribution in [3.05, 3.63) is 107 Å². The van der Waals surface area contributed by atoms with E-state index in [0.29, 0.717) is 35.8 Å². The van der Waals surface area contributed by atoms with Crippen molar-refractivity contribution >= 4 is 46.1 Å². The van der Waals surface area contributed by atoms with Gasteiger partial charge in [0.15, 0.2) is 0 Å². The highest BCUT2D eigenvalue weighted by Crippen LogP contribution is 2.25. The number of benzene rings is 4.